The lowest BCUT2D eigenvalue weighted by molar-refractivity contribution is 0.301. The molecule has 1 aromatic heterocycles. The molecule has 1 aromatic rings. The maximum Gasteiger partial charge on any atom is 0.127 e. The molecule has 0 fully saturated rings. The van der Waals surface area contributed by atoms with Crippen LogP contribution in [0.5, 0.6) is 0 Å². The summed E-state index contributed by atoms with van der Waals surface area (Å²) in [7, 11) is 0. The number of aromatic nitrogens is 1. The lowest BCUT2D eigenvalue weighted by Crippen LogP contribution is -2.30. The fourth-order valence-corrected chi connectivity index (χ4v) is 2.46. The van der Waals surface area contributed by atoms with E-state index in [0.717, 1.165) is 45.0 Å². The van der Waals surface area contributed by atoms with Crippen LogP contribution in [0.3, 0.4) is 0 Å². The van der Waals surface area contributed by atoms with Gasteiger partial charge in [0.2, 0.25) is 0 Å². The van der Waals surface area contributed by atoms with Gasteiger partial charge in [0, 0.05) is 37.6 Å². The molecule has 1 N–H and O–H groups in total. The van der Waals surface area contributed by atoms with Crippen LogP contribution in [-0.4, -0.2) is 49.2 Å². The van der Waals surface area contributed by atoms with Crippen LogP contribution in [0.15, 0.2) is 18.3 Å². The summed E-state index contributed by atoms with van der Waals surface area (Å²) in [6.45, 7) is 15.4. The fourth-order valence-electron chi connectivity index (χ4n) is 2.46. The highest BCUT2D eigenvalue weighted by Crippen LogP contribution is 2.17. The van der Waals surface area contributed by atoms with Crippen LogP contribution in [0, 0.1) is 0 Å². The summed E-state index contributed by atoms with van der Waals surface area (Å²) in [6, 6.07) is 4.27. The standard InChI is InChI=1S/C17H32N4/c1-5-11-18-17-15-16(10-12-19-17)21(8-4)14-9-13-20(6-2)7-3/h10,12,15H,5-9,11,13-14H2,1-4H3,(H,18,19). The second-order valence-electron chi connectivity index (χ2n) is 5.29. The van der Waals surface area contributed by atoms with Gasteiger partial charge in [0.05, 0.1) is 0 Å². The summed E-state index contributed by atoms with van der Waals surface area (Å²) in [5.74, 6) is 0.983. The molecule has 0 radical (unpaired) electrons. The predicted molar refractivity (Wildman–Crippen MR) is 93.3 cm³/mol. The smallest absolute Gasteiger partial charge is 0.127 e. The van der Waals surface area contributed by atoms with Gasteiger partial charge in [0.25, 0.3) is 0 Å². The van der Waals surface area contributed by atoms with E-state index in [1.54, 1.807) is 0 Å². The van der Waals surface area contributed by atoms with Crippen LogP contribution in [0.25, 0.3) is 0 Å². The molecule has 4 heteroatoms. The number of hydrogen-bond donors (Lipinski definition) is 1. The average Bonchev–Trinajstić information content (AvgIpc) is 2.53. The monoisotopic (exact) mass is 292 g/mol. The minimum atomic E-state index is 0.977. The van der Waals surface area contributed by atoms with Gasteiger partial charge in [0.1, 0.15) is 5.82 Å². The first kappa shape index (κ1) is 17.8. The van der Waals surface area contributed by atoms with Gasteiger partial charge in [-0.25, -0.2) is 4.98 Å². The number of hydrogen-bond acceptors (Lipinski definition) is 4. The van der Waals surface area contributed by atoms with Crippen molar-refractivity contribution in [1.82, 2.24) is 9.88 Å². The van der Waals surface area contributed by atoms with Crippen molar-refractivity contribution in [1.29, 1.82) is 0 Å². The molecular formula is C17H32N4. The van der Waals surface area contributed by atoms with Crippen LogP contribution >= 0.6 is 0 Å². The molecule has 0 bridgehead atoms. The average molecular weight is 292 g/mol. The van der Waals surface area contributed by atoms with E-state index in [2.05, 4.69) is 59.9 Å². The van der Waals surface area contributed by atoms with Gasteiger partial charge >= 0.3 is 0 Å². The zero-order valence-electron chi connectivity index (χ0n) is 14.2. The fraction of sp³-hybridized carbons (Fsp3) is 0.706. The lowest BCUT2D eigenvalue weighted by atomic mass is 10.3. The molecule has 0 saturated heterocycles. The summed E-state index contributed by atoms with van der Waals surface area (Å²) in [6.07, 6.45) is 4.23. The highest BCUT2D eigenvalue weighted by Gasteiger charge is 2.06. The molecule has 0 aromatic carbocycles. The van der Waals surface area contributed by atoms with E-state index in [-0.39, 0.29) is 0 Å². The van der Waals surface area contributed by atoms with Crippen molar-refractivity contribution >= 4 is 11.5 Å². The van der Waals surface area contributed by atoms with E-state index in [0.29, 0.717) is 0 Å². The minimum Gasteiger partial charge on any atom is -0.372 e. The van der Waals surface area contributed by atoms with E-state index < -0.39 is 0 Å². The van der Waals surface area contributed by atoms with E-state index in [4.69, 9.17) is 0 Å². The summed E-state index contributed by atoms with van der Waals surface area (Å²) >= 11 is 0. The molecule has 0 aliphatic rings. The van der Waals surface area contributed by atoms with Gasteiger partial charge in [-0.15, -0.1) is 0 Å². The molecule has 0 aliphatic heterocycles. The Morgan fingerprint density at radius 2 is 1.81 bits per heavy atom. The molecule has 0 aliphatic carbocycles. The number of pyridine rings is 1. The lowest BCUT2D eigenvalue weighted by Gasteiger charge is -2.25. The van der Waals surface area contributed by atoms with Gasteiger partial charge in [-0.1, -0.05) is 20.8 Å². The number of nitrogens with zero attached hydrogens (tertiary/aromatic N) is 3. The van der Waals surface area contributed by atoms with Crippen LogP contribution in [-0.2, 0) is 0 Å². The maximum atomic E-state index is 4.38. The topological polar surface area (TPSA) is 31.4 Å². The number of nitrogens with one attached hydrogen (secondary N) is 1. The highest BCUT2D eigenvalue weighted by atomic mass is 15.1. The van der Waals surface area contributed by atoms with E-state index in [1.807, 2.05) is 6.20 Å². The Balaban J connectivity index is 2.54. The molecule has 4 nitrogen and oxygen atoms in total. The molecule has 120 valence electrons. The van der Waals surface area contributed by atoms with E-state index >= 15 is 0 Å². The molecule has 0 atom stereocenters. The largest absolute Gasteiger partial charge is 0.372 e. The van der Waals surface area contributed by atoms with Gasteiger partial charge in [-0.2, -0.15) is 0 Å². The van der Waals surface area contributed by atoms with Crippen molar-refractivity contribution in [2.75, 3.05) is 49.5 Å². The van der Waals surface area contributed by atoms with E-state index in [9.17, 15) is 0 Å². The van der Waals surface area contributed by atoms with Crippen molar-refractivity contribution in [2.24, 2.45) is 0 Å². The predicted octanol–water partition coefficient (Wildman–Crippen LogP) is 3.46. The minimum absolute atomic E-state index is 0.977. The molecular weight excluding hydrogens is 260 g/mol. The van der Waals surface area contributed by atoms with E-state index in [1.165, 1.54) is 18.7 Å². The maximum absolute atomic E-state index is 4.38. The number of rotatable bonds is 11. The first-order valence-electron chi connectivity index (χ1n) is 8.42. The summed E-state index contributed by atoms with van der Waals surface area (Å²) < 4.78 is 0. The Hall–Kier alpha value is -1.29. The van der Waals surface area contributed by atoms with Gasteiger partial charge in [-0.3, -0.25) is 0 Å². The molecule has 0 unspecified atom stereocenters. The number of anilines is 2. The van der Waals surface area contributed by atoms with Gasteiger partial charge < -0.3 is 15.1 Å². The van der Waals surface area contributed by atoms with Crippen LogP contribution in [0.4, 0.5) is 11.5 Å². The quantitative estimate of drug-likeness (QED) is 0.677. The Morgan fingerprint density at radius 3 is 2.43 bits per heavy atom. The third-order valence-corrected chi connectivity index (χ3v) is 3.84. The summed E-state index contributed by atoms with van der Waals surface area (Å²) in [5, 5.41) is 3.36. The Kier molecular flexibility index (Phi) is 8.83. The molecule has 1 heterocycles. The molecule has 0 amide bonds. The Bertz CT molecular complexity index is 377. The first-order chi connectivity index (χ1) is 10.2. The second-order valence-corrected chi connectivity index (χ2v) is 5.29. The second kappa shape index (κ2) is 10.4. The van der Waals surface area contributed by atoms with Gasteiger partial charge in [0.15, 0.2) is 0 Å². The first-order valence-corrected chi connectivity index (χ1v) is 8.42. The zero-order chi connectivity index (χ0) is 15.5. The SMILES string of the molecule is CCCNc1cc(N(CC)CCCN(CC)CC)ccn1. The Morgan fingerprint density at radius 1 is 1.05 bits per heavy atom. The third-order valence-electron chi connectivity index (χ3n) is 3.84. The zero-order valence-corrected chi connectivity index (χ0v) is 14.2. The molecule has 1 rings (SSSR count). The van der Waals surface area contributed by atoms with Crippen molar-refractivity contribution < 1.29 is 0 Å². The third kappa shape index (κ3) is 6.34. The van der Waals surface area contributed by atoms with Crippen molar-refractivity contribution in [3.63, 3.8) is 0 Å². The van der Waals surface area contributed by atoms with Crippen molar-refractivity contribution in [3.05, 3.63) is 18.3 Å². The summed E-state index contributed by atoms with van der Waals surface area (Å²) in [4.78, 5) is 9.30. The van der Waals surface area contributed by atoms with Crippen LogP contribution in [0.1, 0.15) is 40.5 Å². The molecule has 21 heavy (non-hydrogen) atoms. The highest BCUT2D eigenvalue weighted by molar-refractivity contribution is 5.53. The van der Waals surface area contributed by atoms with Gasteiger partial charge in [-0.05, 0) is 45.5 Å². The Labute approximate surface area is 130 Å². The van der Waals surface area contributed by atoms with Crippen LogP contribution < -0.4 is 10.2 Å². The van der Waals surface area contributed by atoms with Crippen molar-refractivity contribution in [3.8, 4) is 0 Å². The van der Waals surface area contributed by atoms with Crippen molar-refractivity contribution in [2.45, 2.75) is 40.5 Å². The van der Waals surface area contributed by atoms with Crippen LogP contribution in [0.2, 0.25) is 0 Å². The normalized spacial score (nSPS) is 10.9. The summed E-state index contributed by atoms with van der Waals surface area (Å²) in [5.41, 5.74) is 1.27. The molecule has 0 spiro atoms. The molecule has 0 saturated carbocycles.